The van der Waals surface area contributed by atoms with Gasteiger partial charge in [0.05, 0.1) is 4.99 Å². The molecule has 0 aliphatic carbocycles. The first-order valence-electron chi connectivity index (χ1n) is 2.75. The van der Waals surface area contributed by atoms with Crippen LogP contribution in [0.4, 0.5) is 0 Å². The van der Waals surface area contributed by atoms with Gasteiger partial charge in [-0.1, -0.05) is 25.2 Å². The lowest BCUT2D eigenvalue weighted by molar-refractivity contribution is 0.741. The van der Waals surface area contributed by atoms with Gasteiger partial charge in [-0.25, -0.2) is 0 Å². The van der Waals surface area contributed by atoms with E-state index in [-0.39, 0.29) is 0 Å². The van der Waals surface area contributed by atoms with E-state index in [0.717, 1.165) is 11.4 Å². The van der Waals surface area contributed by atoms with Gasteiger partial charge in [0.1, 0.15) is 0 Å². The van der Waals surface area contributed by atoms with Gasteiger partial charge in [0.2, 0.25) is 0 Å². The van der Waals surface area contributed by atoms with E-state index in [1.54, 1.807) is 0 Å². The minimum absolute atomic E-state index is 0.628. The smallest absolute Gasteiger partial charge is 0.0798 e. The summed E-state index contributed by atoms with van der Waals surface area (Å²) in [7, 11) is 0. The molecule has 8 heavy (non-hydrogen) atoms. The molecule has 0 saturated carbocycles. The van der Waals surface area contributed by atoms with Crippen molar-refractivity contribution >= 4 is 17.2 Å². The van der Waals surface area contributed by atoms with Crippen molar-refractivity contribution in [3.05, 3.63) is 12.3 Å². The van der Waals surface area contributed by atoms with E-state index >= 15 is 0 Å². The molecule has 1 aliphatic heterocycles. The van der Waals surface area contributed by atoms with E-state index in [2.05, 4.69) is 18.3 Å². The predicted molar refractivity (Wildman–Crippen MR) is 38.7 cm³/mol. The van der Waals surface area contributed by atoms with Crippen molar-refractivity contribution in [2.45, 2.75) is 13.3 Å². The number of allylic oxidation sites excluding steroid dienone is 1. The second-order valence-electron chi connectivity index (χ2n) is 2.11. The van der Waals surface area contributed by atoms with E-state index in [4.69, 9.17) is 12.2 Å². The van der Waals surface area contributed by atoms with Crippen LogP contribution in [0.5, 0.6) is 0 Å². The molecule has 1 nitrogen and oxygen atoms in total. The highest BCUT2D eigenvalue weighted by Crippen LogP contribution is 2.07. The van der Waals surface area contributed by atoms with Gasteiger partial charge >= 0.3 is 0 Å². The molecule has 0 amide bonds. The zero-order chi connectivity index (χ0) is 5.98. The summed E-state index contributed by atoms with van der Waals surface area (Å²) in [4.78, 5) is 0.958. The van der Waals surface area contributed by atoms with Crippen LogP contribution < -0.4 is 5.32 Å². The van der Waals surface area contributed by atoms with Gasteiger partial charge in [-0.3, -0.25) is 0 Å². The second kappa shape index (κ2) is 2.27. The maximum atomic E-state index is 4.92. The van der Waals surface area contributed by atoms with Crippen LogP contribution in [-0.4, -0.2) is 4.99 Å². The fraction of sp³-hybridized carbons (Fsp3) is 0.500. The van der Waals surface area contributed by atoms with Crippen molar-refractivity contribution in [2.24, 2.45) is 5.92 Å². The number of thiocarbonyl (C=S) groups is 1. The third kappa shape index (κ3) is 1.30. The zero-order valence-electron chi connectivity index (χ0n) is 4.85. The predicted octanol–water partition coefficient (Wildman–Crippen LogP) is 1.46. The SMILES string of the molecule is CC1C=CNC(=S)C1. The number of nitrogens with one attached hydrogen (secondary N) is 1. The maximum Gasteiger partial charge on any atom is 0.0798 e. The van der Waals surface area contributed by atoms with Crippen LogP contribution in [0.15, 0.2) is 12.3 Å². The molecule has 1 aliphatic rings. The van der Waals surface area contributed by atoms with Crippen molar-refractivity contribution in [2.75, 3.05) is 0 Å². The van der Waals surface area contributed by atoms with Gasteiger partial charge < -0.3 is 5.32 Å². The van der Waals surface area contributed by atoms with Crippen LogP contribution in [0.1, 0.15) is 13.3 Å². The van der Waals surface area contributed by atoms with Gasteiger partial charge in [0.15, 0.2) is 0 Å². The van der Waals surface area contributed by atoms with Crippen molar-refractivity contribution in [1.29, 1.82) is 0 Å². The molecule has 0 aromatic rings. The quantitative estimate of drug-likeness (QED) is 0.494. The van der Waals surface area contributed by atoms with Crippen LogP contribution in [0, 0.1) is 5.92 Å². The van der Waals surface area contributed by atoms with E-state index in [0.29, 0.717) is 5.92 Å². The van der Waals surface area contributed by atoms with E-state index in [9.17, 15) is 0 Å². The molecule has 0 spiro atoms. The Balaban J connectivity index is 2.54. The average Bonchev–Trinajstić information content (AvgIpc) is 1.64. The third-order valence-electron chi connectivity index (χ3n) is 1.18. The molecule has 2 heteroatoms. The second-order valence-corrected chi connectivity index (χ2v) is 2.60. The van der Waals surface area contributed by atoms with Gasteiger partial charge in [0, 0.05) is 6.42 Å². The fourth-order valence-corrected chi connectivity index (χ4v) is 1.06. The van der Waals surface area contributed by atoms with Crippen LogP contribution in [0.2, 0.25) is 0 Å². The van der Waals surface area contributed by atoms with Crippen molar-refractivity contribution < 1.29 is 0 Å². The molecule has 0 saturated heterocycles. The first kappa shape index (κ1) is 5.76. The normalized spacial score (nSPS) is 27.6. The molecule has 44 valence electrons. The van der Waals surface area contributed by atoms with Gasteiger partial charge in [-0.05, 0) is 12.1 Å². The summed E-state index contributed by atoms with van der Waals surface area (Å²) >= 11 is 4.92. The number of rotatable bonds is 0. The number of hydrogen-bond donors (Lipinski definition) is 1. The molecule has 0 aromatic heterocycles. The van der Waals surface area contributed by atoms with Crippen LogP contribution >= 0.6 is 12.2 Å². The fourth-order valence-electron chi connectivity index (χ4n) is 0.725. The van der Waals surface area contributed by atoms with Crippen molar-refractivity contribution in [1.82, 2.24) is 5.32 Å². The third-order valence-corrected chi connectivity index (χ3v) is 1.46. The lowest BCUT2D eigenvalue weighted by atomic mass is 10.1. The van der Waals surface area contributed by atoms with Crippen LogP contribution in [0.25, 0.3) is 0 Å². The first-order chi connectivity index (χ1) is 3.79. The molecule has 1 heterocycles. The molecular weight excluding hydrogens is 118 g/mol. The van der Waals surface area contributed by atoms with Gasteiger partial charge in [0.25, 0.3) is 0 Å². The minimum Gasteiger partial charge on any atom is -0.357 e. The largest absolute Gasteiger partial charge is 0.357 e. The maximum absolute atomic E-state index is 4.92. The van der Waals surface area contributed by atoms with Crippen LogP contribution in [-0.2, 0) is 0 Å². The average molecular weight is 127 g/mol. The highest BCUT2D eigenvalue weighted by atomic mass is 32.1. The summed E-state index contributed by atoms with van der Waals surface area (Å²) in [6.45, 7) is 2.16. The monoisotopic (exact) mass is 127 g/mol. The van der Waals surface area contributed by atoms with Crippen LogP contribution in [0.3, 0.4) is 0 Å². The Kier molecular flexibility index (Phi) is 1.63. The molecule has 1 rings (SSSR count). The van der Waals surface area contributed by atoms with E-state index < -0.39 is 0 Å². The van der Waals surface area contributed by atoms with Crippen molar-refractivity contribution in [3.63, 3.8) is 0 Å². The van der Waals surface area contributed by atoms with E-state index in [1.165, 1.54) is 0 Å². The highest BCUT2D eigenvalue weighted by molar-refractivity contribution is 7.80. The Morgan fingerprint density at radius 2 is 2.62 bits per heavy atom. The summed E-state index contributed by atoms with van der Waals surface area (Å²) < 4.78 is 0. The van der Waals surface area contributed by atoms with Crippen molar-refractivity contribution in [3.8, 4) is 0 Å². The highest BCUT2D eigenvalue weighted by Gasteiger charge is 2.04. The number of hydrogen-bond acceptors (Lipinski definition) is 1. The van der Waals surface area contributed by atoms with Gasteiger partial charge in [-0.2, -0.15) is 0 Å². The molecule has 1 N–H and O–H groups in total. The lowest BCUT2D eigenvalue weighted by Crippen LogP contribution is -2.21. The summed E-state index contributed by atoms with van der Waals surface area (Å²) in [6.07, 6.45) is 5.04. The minimum atomic E-state index is 0.628. The molecule has 1 unspecified atom stereocenters. The zero-order valence-corrected chi connectivity index (χ0v) is 5.66. The Bertz CT molecular complexity index is 128. The summed E-state index contributed by atoms with van der Waals surface area (Å²) in [5.41, 5.74) is 0. The molecular formula is C6H9NS. The Morgan fingerprint density at radius 3 is 3.00 bits per heavy atom. The molecule has 0 aromatic carbocycles. The molecule has 1 atom stereocenters. The first-order valence-corrected chi connectivity index (χ1v) is 3.16. The Morgan fingerprint density at radius 1 is 1.88 bits per heavy atom. The molecule has 0 fully saturated rings. The summed E-state index contributed by atoms with van der Waals surface area (Å²) in [5.74, 6) is 0.628. The molecule has 0 radical (unpaired) electrons. The standard InChI is InChI=1S/C6H9NS/c1-5-2-3-7-6(8)4-5/h2-3,5H,4H2,1H3,(H,7,8). The summed E-state index contributed by atoms with van der Waals surface area (Å²) in [5, 5.41) is 2.96. The molecule has 0 bridgehead atoms. The Hall–Kier alpha value is -0.370. The van der Waals surface area contributed by atoms with E-state index in [1.807, 2.05) is 6.20 Å². The lowest BCUT2D eigenvalue weighted by Gasteiger charge is -2.12. The Labute approximate surface area is 54.8 Å². The summed E-state index contributed by atoms with van der Waals surface area (Å²) in [6, 6.07) is 0. The van der Waals surface area contributed by atoms with Gasteiger partial charge in [-0.15, -0.1) is 0 Å². The topological polar surface area (TPSA) is 12.0 Å².